The van der Waals surface area contributed by atoms with Gasteiger partial charge >= 0.3 is 9.08 Å². The fourth-order valence-corrected chi connectivity index (χ4v) is 0.593. The first kappa shape index (κ1) is 7.48. The second-order valence-corrected chi connectivity index (χ2v) is 2.84. The molecule has 0 aromatic heterocycles. The molecule has 2 N–H and O–H groups in total. The average Bonchev–Trinajstić information content (AvgIpc) is 1.21. The smallest absolute Gasteiger partial charge is 0.370 e. The summed E-state index contributed by atoms with van der Waals surface area (Å²) in [5.74, 6) is -1.29. The summed E-state index contributed by atoms with van der Waals surface area (Å²) < 4.78 is 33.4. The van der Waals surface area contributed by atoms with E-state index in [1.165, 1.54) is 0 Å². The largest absolute Gasteiger partial charge is 0.625 e. The van der Waals surface area contributed by atoms with E-state index in [2.05, 4.69) is 5.73 Å². The fourth-order valence-electron chi connectivity index (χ4n) is 0.198. The number of primary amides is 1. The van der Waals surface area contributed by atoms with Gasteiger partial charge in [0.25, 0.3) is 0 Å². The number of hydrogen-bond donors (Lipinski definition) is 1. The van der Waals surface area contributed by atoms with Gasteiger partial charge in [0.05, 0.1) is 0 Å². The molecule has 0 spiro atoms. The lowest BCUT2D eigenvalue weighted by atomic mass is 10.8. The maximum Gasteiger partial charge on any atom is 0.625 e. The van der Waals surface area contributed by atoms with E-state index in [-0.39, 0.29) is 0 Å². The summed E-state index contributed by atoms with van der Waals surface area (Å²) in [5.41, 5.74) is 4.25. The number of carbonyl (C=O) groups is 1. The van der Waals surface area contributed by atoms with Gasteiger partial charge in [-0.3, -0.25) is 4.79 Å². The highest BCUT2D eigenvalue weighted by Gasteiger charge is 2.38. The molecule has 0 bridgehead atoms. The van der Waals surface area contributed by atoms with Gasteiger partial charge in [-0.25, -0.2) is 12.3 Å². The number of amides is 1. The van der Waals surface area contributed by atoms with Gasteiger partial charge in [0.2, 0.25) is 5.91 Å². The maximum absolute atomic E-state index is 11.1. The maximum atomic E-state index is 11.1. The molecule has 48 valence electrons. The molecule has 8 heavy (non-hydrogen) atoms. The summed E-state index contributed by atoms with van der Waals surface area (Å²) in [6, 6.07) is -1.40. The third kappa shape index (κ3) is 5.48. The van der Waals surface area contributed by atoms with Gasteiger partial charge in [0, 0.05) is 0 Å². The molecule has 0 aliphatic heterocycles. The number of rotatable bonds is 2. The van der Waals surface area contributed by atoms with Crippen molar-refractivity contribution >= 4 is 15.0 Å². The number of hydrogen-bond acceptors (Lipinski definition) is 1. The van der Waals surface area contributed by atoms with Gasteiger partial charge in [-0.05, 0) is 0 Å². The summed E-state index contributed by atoms with van der Waals surface area (Å²) in [7, 11) is -5.69. The number of nitrogens with two attached hydrogens (primary N) is 1. The summed E-state index contributed by atoms with van der Waals surface area (Å²) in [6.07, 6.45) is 0. The molecule has 0 fully saturated rings. The Morgan fingerprint density at radius 1 is 1.50 bits per heavy atom. The van der Waals surface area contributed by atoms with Gasteiger partial charge in [-0.15, -0.1) is 0 Å². The minimum Gasteiger partial charge on any atom is -0.370 e. The zero-order valence-electron chi connectivity index (χ0n) is 3.83. The van der Waals surface area contributed by atoms with Crippen LogP contribution in [0, 0.1) is 0 Å². The van der Waals surface area contributed by atoms with E-state index in [0.29, 0.717) is 0 Å². The predicted octanol–water partition coefficient (Wildman–Crippen LogP) is 0.319. The molecular weight excluding hydrogens is 139 g/mol. The highest BCUT2D eigenvalue weighted by Crippen LogP contribution is 2.12. The van der Waals surface area contributed by atoms with E-state index in [4.69, 9.17) is 0 Å². The molecule has 0 rings (SSSR count). The van der Waals surface area contributed by atoms with Crippen LogP contribution in [0.3, 0.4) is 0 Å². The van der Waals surface area contributed by atoms with Crippen molar-refractivity contribution in [2.75, 3.05) is 0 Å². The van der Waals surface area contributed by atoms with Gasteiger partial charge in [-0.1, -0.05) is 0 Å². The van der Waals surface area contributed by atoms with Crippen LogP contribution in [0.2, 0.25) is 6.04 Å². The Hall–Kier alpha value is -0.523. The van der Waals surface area contributed by atoms with Crippen LogP contribution in [0.15, 0.2) is 0 Å². The van der Waals surface area contributed by atoms with Crippen molar-refractivity contribution in [1.82, 2.24) is 0 Å². The Balaban J connectivity index is 3.55. The molecular formula is C2H4F3NOSi. The molecule has 0 aliphatic carbocycles. The predicted molar refractivity (Wildman–Crippen MR) is 23.1 cm³/mol. The first-order chi connectivity index (χ1) is 3.42. The lowest BCUT2D eigenvalue weighted by molar-refractivity contribution is -0.116. The Bertz CT molecular complexity index is 99.9. The number of halogens is 3. The van der Waals surface area contributed by atoms with Crippen molar-refractivity contribution in [2.24, 2.45) is 5.73 Å². The highest BCUT2D eigenvalue weighted by atomic mass is 28.5. The lowest BCUT2D eigenvalue weighted by Gasteiger charge is -1.94. The van der Waals surface area contributed by atoms with Crippen molar-refractivity contribution in [3.63, 3.8) is 0 Å². The first-order valence-electron chi connectivity index (χ1n) is 1.77. The summed E-state index contributed by atoms with van der Waals surface area (Å²) in [6.45, 7) is 0. The Labute approximate surface area is 45.0 Å². The van der Waals surface area contributed by atoms with E-state index in [0.717, 1.165) is 0 Å². The molecule has 0 saturated carbocycles. The van der Waals surface area contributed by atoms with Crippen LogP contribution in [0.25, 0.3) is 0 Å². The van der Waals surface area contributed by atoms with E-state index >= 15 is 0 Å². The second-order valence-electron chi connectivity index (χ2n) is 1.26. The van der Waals surface area contributed by atoms with Crippen LogP contribution in [0.1, 0.15) is 0 Å². The monoisotopic (exact) mass is 143 g/mol. The van der Waals surface area contributed by atoms with Crippen LogP contribution < -0.4 is 5.73 Å². The second kappa shape index (κ2) is 2.16. The van der Waals surface area contributed by atoms with E-state index in [1.54, 1.807) is 0 Å². The third-order valence-corrected chi connectivity index (χ3v) is 1.12. The van der Waals surface area contributed by atoms with Crippen molar-refractivity contribution < 1.29 is 17.1 Å². The molecule has 1 amide bonds. The quantitative estimate of drug-likeness (QED) is 0.439. The van der Waals surface area contributed by atoms with Crippen molar-refractivity contribution in [1.29, 1.82) is 0 Å². The zero-order chi connectivity index (χ0) is 6.78. The van der Waals surface area contributed by atoms with Crippen LogP contribution in [0.4, 0.5) is 12.3 Å². The Morgan fingerprint density at radius 3 is 1.88 bits per heavy atom. The molecule has 0 heterocycles. The van der Waals surface area contributed by atoms with Gasteiger partial charge in [0.1, 0.15) is 6.04 Å². The lowest BCUT2D eigenvalue weighted by Crippen LogP contribution is -2.24. The van der Waals surface area contributed by atoms with Crippen molar-refractivity contribution in [2.45, 2.75) is 6.04 Å². The number of carbonyl (C=O) groups excluding carboxylic acids is 1. The Morgan fingerprint density at radius 2 is 1.88 bits per heavy atom. The van der Waals surface area contributed by atoms with Crippen LogP contribution in [-0.4, -0.2) is 15.0 Å². The molecule has 0 aromatic rings. The average molecular weight is 143 g/mol. The van der Waals surface area contributed by atoms with Gasteiger partial charge in [-0.2, -0.15) is 0 Å². The summed E-state index contributed by atoms with van der Waals surface area (Å²) >= 11 is 0. The van der Waals surface area contributed by atoms with Crippen LogP contribution in [0.5, 0.6) is 0 Å². The SMILES string of the molecule is NC(=O)C[Si](F)(F)F. The highest BCUT2D eigenvalue weighted by molar-refractivity contribution is 6.62. The van der Waals surface area contributed by atoms with Gasteiger partial charge in [0.15, 0.2) is 0 Å². The minimum atomic E-state index is -5.69. The summed E-state index contributed by atoms with van der Waals surface area (Å²) in [5, 5.41) is 0. The molecule has 0 radical (unpaired) electrons. The third-order valence-electron chi connectivity index (χ3n) is 0.375. The molecule has 0 unspecified atom stereocenters. The zero-order valence-corrected chi connectivity index (χ0v) is 4.83. The molecule has 0 atom stereocenters. The topological polar surface area (TPSA) is 43.1 Å². The molecule has 0 saturated heterocycles. The van der Waals surface area contributed by atoms with E-state index in [1.807, 2.05) is 0 Å². The molecule has 2 nitrogen and oxygen atoms in total. The normalized spacial score (nSPS) is 11.4. The molecule has 0 aromatic carbocycles. The van der Waals surface area contributed by atoms with Crippen molar-refractivity contribution in [3.8, 4) is 0 Å². The van der Waals surface area contributed by atoms with E-state index < -0.39 is 21.0 Å². The first-order valence-corrected chi connectivity index (χ1v) is 3.61. The van der Waals surface area contributed by atoms with Crippen LogP contribution >= 0.6 is 0 Å². The standard InChI is InChI=1S/C2H4F3NOSi/c3-8(4,5)1-2(6)7/h1H2,(H2,6,7). The minimum absolute atomic E-state index is 1.29. The van der Waals surface area contributed by atoms with Crippen LogP contribution in [-0.2, 0) is 4.79 Å². The van der Waals surface area contributed by atoms with Crippen molar-refractivity contribution in [3.05, 3.63) is 0 Å². The Kier molecular flexibility index (Phi) is 2.02. The fraction of sp³-hybridized carbons (Fsp3) is 0.500. The van der Waals surface area contributed by atoms with E-state index in [9.17, 15) is 17.1 Å². The molecule has 6 heteroatoms. The summed E-state index contributed by atoms with van der Waals surface area (Å²) in [4.78, 5) is 9.55. The molecule has 0 aliphatic rings. The van der Waals surface area contributed by atoms with Gasteiger partial charge < -0.3 is 5.73 Å².